The van der Waals surface area contributed by atoms with Gasteiger partial charge in [-0.3, -0.25) is 9.69 Å². The van der Waals surface area contributed by atoms with E-state index >= 15 is 0 Å². The van der Waals surface area contributed by atoms with E-state index in [1.807, 2.05) is 4.90 Å². The molecule has 4 aliphatic rings. The van der Waals surface area contributed by atoms with E-state index in [4.69, 9.17) is 5.73 Å². The third kappa shape index (κ3) is 4.40. The van der Waals surface area contributed by atoms with Gasteiger partial charge in [0, 0.05) is 56.6 Å². The van der Waals surface area contributed by atoms with E-state index in [-0.39, 0.29) is 23.5 Å². The van der Waals surface area contributed by atoms with Crippen LogP contribution in [0.25, 0.3) is 0 Å². The van der Waals surface area contributed by atoms with Gasteiger partial charge in [0.15, 0.2) is 0 Å². The van der Waals surface area contributed by atoms with Crippen LogP contribution in [0.15, 0.2) is 30.3 Å². The first kappa shape index (κ1) is 21.4. The fraction of sp³-hybridized carbons (Fsp3) is 0.720. The summed E-state index contributed by atoms with van der Waals surface area (Å²) in [7, 11) is 0. The smallest absolute Gasteiger partial charge is 0.225 e. The Bertz CT molecular complexity index is 750. The van der Waals surface area contributed by atoms with Crippen LogP contribution < -0.4 is 11.1 Å². The zero-order valence-corrected chi connectivity index (χ0v) is 18.6. The zero-order valence-electron chi connectivity index (χ0n) is 18.6. The van der Waals surface area contributed by atoms with Gasteiger partial charge in [-0.05, 0) is 50.5 Å². The maximum Gasteiger partial charge on any atom is 0.225 e. The molecule has 6 heteroatoms. The van der Waals surface area contributed by atoms with Crippen LogP contribution in [-0.2, 0) is 4.79 Å². The number of likely N-dealkylation sites (tertiary alicyclic amines) is 2. The van der Waals surface area contributed by atoms with Crippen molar-refractivity contribution in [1.29, 1.82) is 0 Å². The van der Waals surface area contributed by atoms with Gasteiger partial charge in [0.25, 0.3) is 0 Å². The third-order valence-electron chi connectivity index (χ3n) is 8.34. The number of carbonyl (C=O) groups excluding carboxylic acids is 1. The fourth-order valence-electron chi connectivity index (χ4n) is 6.13. The average Bonchev–Trinajstić information content (AvgIpc) is 3.54. The lowest BCUT2D eigenvalue weighted by molar-refractivity contribution is -0.153. The third-order valence-corrected chi connectivity index (χ3v) is 8.34. The summed E-state index contributed by atoms with van der Waals surface area (Å²) >= 11 is 0. The highest BCUT2D eigenvalue weighted by Gasteiger charge is 2.50. The number of nitrogens with zero attached hydrogens (tertiary/aromatic N) is 2. The van der Waals surface area contributed by atoms with Gasteiger partial charge >= 0.3 is 0 Å². The summed E-state index contributed by atoms with van der Waals surface area (Å²) in [6.07, 6.45) is 6.55. The van der Waals surface area contributed by atoms with Crippen LogP contribution in [0.4, 0.5) is 0 Å². The standard InChI is InChI=1S/C25H38N4O2/c26-15-25(16-28(17-25)24(31)19-6-8-21(30)9-7-19)29-12-10-20(11-13-29)27-23-14-22(23)18-4-2-1-3-5-18/h1-5,19-23,27,30H,6-17,26H2/t19?,21?,22?,23-/m1/s1. The van der Waals surface area contributed by atoms with Crippen molar-refractivity contribution in [2.24, 2.45) is 11.7 Å². The molecule has 0 bridgehead atoms. The normalized spacial score (nSPS) is 33.7. The van der Waals surface area contributed by atoms with Crippen molar-refractivity contribution in [2.75, 3.05) is 32.7 Å². The molecule has 1 aromatic rings. The van der Waals surface area contributed by atoms with Crippen LogP contribution in [0.1, 0.15) is 56.4 Å². The molecule has 4 N–H and O–H groups in total. The van der Waals surface area contributed by atoms with Crippen molar-refractivity contribution in [3.8, 4) is 0 Å². The number of carbonyl (C=O) groups is 1. The van der Waals surface area contributed by atoms with Gasteiger partial charge < -0.3 is 21.1 Å². The maximum absolute atomic E-state index is 12.9. The highest BCUT2D eigenvalue weighted by Crippen LogP contribution is 2.41. The second-order valence-electron chi connectivity index (χ2n) is 10.4. The Morgan fingerprint density at radius 2 is 1.74 bits per heavy atom. The number of rotatable bonds is 6. The van der Waals surface area contributed by atoms with Crippen LogP contribution in [0.2, 0.25) is 0 Å². The Labute approximate surface area is 186 Å². The summed E-state index contributed by atoms with van der Waals surface area (Å²) in [6, 6.07) is 12.1. The number of aliphatic hydroxyl groups is 1. The summed E-state index contributed by atoms with van der Waals surface area (Å²) in [5.74, 6) is 1.07. The molecule has 1 amide bonds. The number of aliphatic hydroxyl groups excluding tert-OH is 1. The molecule has 31 heavy (non-hydrogen) atoms. The minimum atomic E-state index is -0.211. The van der Waals surface area contributed by atoms with Gasteiger partial charge in [-0.2, -0.15) is 0 Å². The monoisotopic (exact) mass is 426 g/mol. The van der Waals surface area contributed by atoms with Gasteiger partial charge in [0.2, 0.25) is 5.91 Å². The van der Waals surface area contributed by atoms with Gasteiger partial charge in [-0.1, -0.05) is 30.3 Å². The van der Waals surface area contributed by atoms with Gasteiger partial charge in [-0.25, -0.2) is 0 Å². The molecule has 5 rings (SSSR count). The Hall–Kier alpha value is -1.47. The molecule has 2 atom stereocenters. The number of benzene rings is 1. The van der Waals surface area contributed by atoms with Crippen molar-refractivity contribution >= 4 is 5.91 Å². The SMILES string of the molecule is NCC1(N2CCC(N[C@@H]3CC3c3ccccc3)CC2)CN(C(=O)C2CCC(O)CC2)C1. The number of nitrogens with two attached hydrogens (primary N) is 1. The molecular formula is C25H38N4O2. The van der Waals surface area contributed by atoms with Gasteiger partial charge in [0.1, 0.15) is 0 Å². The Morgan fingerprint density at radius 1 is 1.06 bits per heavy atom. The molecule has 0 spiro atoms. The number of piperidine rings is 1. The largest absolute Gasteiger partial charge is 0.393 e. The van der Waals surface area contributed by atoms with Crippen LogP contribution in [0, 0.1) is 5.92 Å². The highest BCUT2D eigenvalue weighted by atomic mass is 16.3. The molecule has 0 aromatic heterocycles. The van der Waals surface area contributed by atoms with Crippen molar-refractivity contribution in [3.63, 3.8) is 0 Å². The molecule has 2 aliphatic heterocycles. The lowest BCUT2D eigenvalue weighted by atomic mass is 9.81. The summed E-state index contributed by atoms with van der Waals surface area (Å²) in [5.41, 5.74) is 7.68. The predicted molar refractivity (Wildman–Crippen MR) is 122 cm³/mol. The molecule has 170 valence electrons. The molecule has 1 unspecified atom stereocenters. The summed E-state index contributed by atoms with van der Waals surface area (Å²) in [5, 5.41) is 13.6. The van der Waals surface area contributed by atoms with E-state index in [0.717, 1.165) is 64.7 Å². The molecule has 0 radical (unpaired) electrons. The molecule has 4 fully saturated rings. The van der Waals surface area contributed by atoms with E-state index in [9.17, 15) is 9.90 Å². The Morgan fingerprint density at radius 3 is 2.39 bits per heavy atom. The molecule has 2 saturated carbocycles. The van der Waals surface area contributed by atoms with Crippen LogP contribution in [0.3, 0.4) is 0 Å². The van der Waals surface area contributed by atoms with E-state index in [1.54, 1.807) is 0 Å². The van der Waals surface area contributed by atoms with Crippen molar-refractivity contribution in [2.45, 2.75) is 74.6 Å². The highest BCUT2D eigenvalue weighted by molar-refractivity contribution is 5.80. The minimum Gasteiger partial charge on any atom is -0.393 e. The van der Waals surface area contributed by atoms with E-state index < -0.39 is 0 Å². The number of amides is 1. The van der Waals surface area contributed by atoms with Crippen molar-refractivity contribution in [3.05, 3.63) is 35.9 Å². The second kappa shape index (κ2) is 8.81. The first-order valence-corrected chi connectivity index (χ1v) is 12.3. The van der Waals surface area contributed by atoms with E-state index in [2.05, 4.69) is 40.5 Å². The fourth-order valence-corrected chi connectivity index (χ4v) is 6.13. The van der Waals surface area contributed by atoms with E-state index in [1.165, 1.54) is 12.0 Å². The number of hydrogen-bond donors (Lipinski definition) is 3. The Kier molecular flexibility index (Phi) is 6.08. The minimum absolute atomic E-state index is 0.0268. The second-order valence-corrected chi connectivity index (χ2v) is 10.4. The molecule has 6 nitrogen and oxygen atoms in total. The summed E-state index contributed by atoms with van der Waals surface area (Å²) < 4.78 is 0. The maximum atomic E-state index is 12.9. The van der Waals surface area contributed by atoms with Crippen LogP contribution in [0.5, 0.6) is 0 Å². The summed E-state index contributed by atoms with van der Waals surface area (Å²) in [6.45, 7) is 4.30. The van der Waals surface area contributed by atoms with Gasteiger partial charge in [-0.15, -0.1) is 0 Å². The Balaban J connectivity index is 1.08. The van der Waals surface area contributed by atoms with Crippen LogP contribution >= 0.6 is 0 Å². The molecule has 1 aromatic carbocycles. The first-order valence-electron chi connectivity index (χ1n) is 12.3. The lowest BCUT2D eigenvalue weighted by Crippen LogP contribution is -2.75. The molecule has 2 aliphatic carbocycles. The quantitative estimate of drug-likeness (QED) is 0.645. The molecular weight excluding hydrogens is 388 g/mol. The summed E-state index contributed by atoms with van der Waals surface area (Å²) in [4.78, 5) is 17.5. The van der Waals surface area contributed by atoms with Crippen molar-refractivity contribution < 1.29 is 9.90 Å². The molecule has 2 saturated heterocycles. The molecule has 2 heterocycles. The van der Waals surface area contributed by atoms with Gasteiger partial charge in [0.05, 0.1) is 11.6 Å². The topological polar surface area (TPSA) is 81.8 Å². The van der Waals surface area contributed by atoms with Crippen LogP contribution in [-0.4, -0.2) is 77.3 Å². The van der Waals surface area contributed by atoms with Crippen molar-refractivity contribution in [1.82, 2.24) is 15.1 Å². The lowest BCUT2D eigenvalue weighted by Gasteiger charge is -2.57. The predicted octanol–water partition coefficient (Wildman–Crippen LogP) is 1.69. The van der Waals surface area contributed by atoms with E-state index in [0.29, 0.717) is 24.5 Å². The zero-order chi connectivity index (χ0) is 21.4. The first-order chi connectivity index (χ1) is 15.1. The average molecular weight is 427 g/mol. The number of nitrogens with one attached hydrogen (secondary N) is 1. The number of hydrogen-bond acceptors (Lipinski definition) is 5.